The number of aromatic nitrogens is 1. The number of hydrogen-bond acceptors (Lipinski definition) is 4. The Labute approximate surface area is 110 Å². The van der Waals surface area contributed by atoms with Gasteiger partial charge in [0.2, 0.25) is 0 Å². The number of aromatic carboxylic acids is 1. The number of carboxylic acid groups (broad SMARTS) is 1. The summed E-state index contributed by atoms with van der Waals surface area (Å²) in [6, 6.07) is 1.39. The molecule has 1 unspecified atom stereocenters. The Bertz CT molecular complexity index is 459. The molecule has 6 heteroatoms. The minimum absolute atomic E-state index is 0.0777. The van der Waals surface area contributed by atoms with E-state index in [1.165, 1.54) is 12.3 Å². The van der Waals surface area contributed by atoms with Crippen molar-refractivity contribution in [1.29, 1.82) is 0 Å². The van der Waals surface area contributed by atoms with Crippen LogP contribution < -0.4 is 5.32 Å². The molecule has 98 valence electrons. The summed E-state index contributed by atoms with van der Waals surface area (Å²) in [6.07, 6.45) is 3.33. The number of nitrogens with one attached hydrogen (secondary N) is 1. The number of hydrogen-bond donors (Lipinski definition) is 2. The van der Waals surface area contributed by atoms with Crippen molar-refractivity contribution in [1.82, 2.24) is 4.98 Å². The van der Waals surface area contributed by atoms with Crippen LogP contribution in [0.25, 0.3) is 0 Å². The molecule has 1 aromatic heterocycles. The molecule has 0 aliphatic carbocycles. The van der Waals surface area contributed by atoms with Crippen LogP contribution in [0.15, 0.2) is 12.3 Å². The molecule has 1 aliphatic rings. The number of pyridine rings is 1. The molecule has 2 rings (SSSR count). The number of carbonyl (C=O) groups is 1. The lowest BCUT2D eigenvalue weighted by Crippen LogP contribution is -2.32. The van der Waals surface area contributed by atoms with E-state index < -0.39 is 5.97 Å². The molecule has 1 aromatic rings. The van der Waals surface area contributed by atoms with E-state index >= 15 is 0 Å². The predicted molar refractivity (Wildman–Crippen MR) is 68.3 cm³/mol. The molecule has 1 aliphatic heterocycles. The Hall–Kier alpha value is -1.33. The van der Waals surface area contributed by atoms with Gasteiger partial charge in [0.25, 0.3) is 0 Å². The van der Waals surface area contributed by atoms with E-state index in [9.17, 15) is 4.79 Å². The standard InChI is InChI=1S/C12H15ClN2O3/c1-12(3-2-4-18-12)7-15-10-9(13)5-8(6-14-10)11(16)17/h5-6H,2-4,7H2,1H3,(H,14,15)(H,16,17). The van der Waals surface area contributed by atoms with E-state index in [1.807, 2.05) is 6.92 Å². The number of rotatable bonds is 4. The monoisotopic (exact) mass is 270 g/mol. The molecule has 0 amide bonds. The molecule has 0 bridgehead atoms. The molecule has 5 nitrogen and oxygen atoms in total. The Balaban J connectivity index is 2.03. The van der Waals surface area contributed by atoms with Crippen molar-refractivity contribution in [3.05, 3.63) is 22.8 Å². The Kier molecular flexibility index (Phi) is 3.73. The summed E-state index contributed by atoms with van der Waals surface area (Å²) < 4.78 is 5.64. The molecule has 18 heavy (non-hydrogen) atoms. The molecular weight excluding hydrogens is 256 g/mol. The highest BCUT2D eigenvalue weighted by Gasteiger charge is 2.29. The van der Waals surface area contributed by atoms with Crippen LogP contribution in [0, 0.1) is 0 Å². The number of carboxylic acids is 1. The zero-order valence-corrected chi connectivity index (χ0v) is 10.8. The summed E-state index contributed by atoms with van der Waals surface area (Å²) in [6.45, 7) is 3.41. The predicted octanol–water partition coefficient (Wildman–Crippen LogP) is 2.41. The first kappa shape index (κ1) is 13.1. The first-order valence-electron chi connectivity index (χ1n) is 5.77. The third-order valence-electron chi connectivity index (χ3n) is 3.02. The van der Waals surface area contributed by atoms with Crippen molar-refractivity contribution in [3.8, 4) is 0 Å². The SMILES string of the molecule is CC1(CNc2ncc(C(=O)O)cc2Cl)CCCO1. The highest BCUT2D eigenvalue weighted by Crippen LogP contribution is 2.27. The second kappa shape index (κ2) is 5.12. The van der Waals surface area contributed by atoms with Crippen molar-refractivity contribution in [2.24, 2.45) is 0 Å². The van der Waals surface area contributed by atoms with Gasteiger partial charge in [-0.3, -0.25) is 0 Å². The summed E-state index contributed by atoms with van der Waals surface area (Å²) in [4.78, 5) is 14.8. The van der Waals surface area contributed by atoms with Gasteiger partial charge in [0, 0.05) is 19.3 Å². The molecule has 0 saturated carbocycles. The van der Waals surface area contributed by atoms with Gasteiger partial charge in [-0.25, -0.2) is 9.78 Å². The molecule has 0 aromatic carbocycles. The van der Waals surface area contributed by atoms with Crippen LogP contribution in [-0.2, 0) is 4.74 Å². The second-order valence-electron chi connectivity index (χ2n) is 4.62. The van der Waals surface area contributed by atoms with Gasteiger partial charge in [0.05, 0.1) is 16.2 Å². The van der Waals surface area contributed by atoms with Crippen LogP contribution in [0.1, 0.15) is 30.1 Å². The zero-order valence-electron chi connectivity index (χ0n) is 10.1. The Morgan fingerprint density at radius 1 is 1.72 bits per heavy atom. The van der Waals surface area contributed by atoms with Crippen LogP contribution in [0.4, 0.5) is 5.82 Å². The summed E-state index contributed by atoms with van der Waals surface area (Å²) in [7, 11) is 0. The summed E-state index contributed by atoms with van der Waals surface area (Å²) in [5.74, 6) is -0.555. The second-order valence-corrected chi connectivity index (χ2v) is 5.02. The molecule has 2 heterocycles. The largest absolute Gasteiger partial charge is 0.478 e. The van der Waals surface area contributed by atoms with Gasteiger partial charge in [-0.1, -0.05) is 11.6 Å². The van der Waals surface area contributed by atoms with E-state index in [-0.39, 0.29) is 11.2 Å². The van der Waals surface area contributed by atoms with E-state index in [4.69, 9.17) is 21.4 Å². The topological polar surface area (TPSA) is 71.5 Å². The van der Waals surface area contributed by atoms with Crippen molar-refractivity contribution in [3.63, 3.8) is 0 Å². The van der Waals surface area contributed by atoms with E-state index in [2.05, 4.69) is 10.3 Å². The van der Waals surface area contributed by atoms with Gasteiger partial charge in [-0.15, -0.1) is 0 Å². The van der Waals surface area contributed by atoms with Gasteiger partial charge in [0.1, 0.15) is 5.82 Å². The zero-order chi connectivity index (χ0) is 13.2. The highest BCUT2D eigenvalue weighted by atomic mass is 35.5. The number of anilines is 1. The molecule has 1 saturated heterocycles. The van der Waals surface area contributed by atoms with Crippen molar-refractivity contribution in [2.75, 3.05) is 18.5 Å². The average Bonchev–Trinajstić information content (AvgIpc) is 2.75. The van der Waals surface area contributed by atoms with Crippen molar-refractivity contribution < 1.29 is 14.6 Å². The van der Waals surface area contributed by atoms with Crippen LogP contribution in [0.2, 0.25) is 5.02 Å². The average molecular weight is 271 g/mol. The van der Waals surface area contributed by atoms with Crippen LogP contribution in [-0.4, -0.2) is 34.8 Å². The van der Waals surface area contributed by atoms with E-state index in [0.29, 0.717) is 17.4 Å². The first-order chi connectivity index (χ1) is 8.50. The molecule has 1 fully saturated rings. The molecule has 0 radical (unpaired) electrons. The van der Waals surface area contributed by atoms with Crippen LogP contribution in [0.3, 0.4) is 0 Å². The fourth-order valence-electron chi connectivity index (χ4n) is 1.93. The quantitative estimate of drug-likeness (QED) is 0.879. The Morgan fingerprint density at radius 3 is 3.06 bits per heavy atom. The van der Waals surface area contributed by atoms with Crippen LogP contribution in [0.5, 0.6) is 0 Å². The minimum atomic E-state index is -1.04. The van der Waals surface area contributed by atoms with Gasteiger partial charge in [-0.05, 0) is 25.8 Å². The minimum Gasteiger partial charge on any atom is -0.478 e. The van der Waals surface area contributed by atoms with Crippen molar-refractivity contribution in [2.45, 2.75) is 25.4 Å². The molecule has 0 spiro atoms. The number of nitrogens with zero attached hydrogens (tertiary/aromatic N) is 1. The summed E-state index contributed by atoms with van der Waals surface area (Å²) in [5, 5.41) is 12.2. The fourth-order valence-corrected chi connectivity index (χ4v) is 2.17. The van der Waals surface area contributed by atoms with Gasteiger partial charge in [-0.2, -0.15) is 0 Å². The number of ether oxygens (including phenoxy) is 1. The maximum Gasteiger partial charge on any atom is 0.337 e. The van der Waals surface area contributed by atoms with E-state index in [1.54, 1.807) is 0 Å². The third kappa shape index (κ3) is 2.91. The maximum absolute atomic E-state index is 10.7. The van der Waals surface area contributed by atoms with E-state index in [0.717, 1.165) is 19.4 Å². The molecular formula is C12H15ClN2O3. The smallest absolute Gasteiger partial charge is 0.337 e. The van der Waals surface area contributed by atoms with Crippen LogP contribution >= 0.6 is 11.6 Å². The molecule has 2 N–H and O–H groups in total. The van der Waals surface area contributed by atoms with Crippen molar-refractivity contribution >= 4 is 23.4 Å². The maximum atomic E-state index is 10.7. The normalized spacial score (nSPS) is 23.0. The lowest BCUT2D eigenvalue weighted by Gasteiger charge is -2.23. The first-order valence-corrected chi connectivity index (χ1v) is 6.15. The van der Waals surface area contributed by atoms with Gasteiger partial charge >= 0.3 is 5.97 Å². The lowest BCUT2D eigenvalue weighted by molar-refractivity contribution is 0.0314. The summed E-state index contributed by atoms with van der Waals surface area (Å²) in [5.41, 5.74) is -0.120. The molecule has 1 atom stereocenters. The lowest BCUT2D eigenvalue weighted by atomic mass is 10.0. The summed E-state index contributed by atoms with van der Waals surface area (Å²) >= 11 is 5.98. The highest BCUT2D eigenvalue weighted by molar-refractivity contribution is 6.33. The Morgan fingerprint density at radius 2 is 2.50 bits per heavy atom. The van der Waals surface area contributed by atoms with Gasteiger partial charge in [0.15, 0.2) is 0 Å². The third-order valence-corrected chi connectivity index (χ3v) is 3.31. The fraction of sp³-hybridized carbons (Fsp3) is 0.500. The number of halogens is 1. The van der Waals surface area contributed by atoms with Gasteiger partial charge < -0.3 is 15.2 Å².